The topological polar surface area (TPSA) is 211 Å². The number of halogens is 2. The van der Waals surface area contributed by atoms with Crippen molar-refractivity contribution in [1.29, 1.82) is 0 Å². The number of aliphatic hydroxyl groups is 1. The Morgan fingerprint density at radius 1 is 1.16 bits per heavy atom. The Kier molecular flexibility index (Phi) is 11.4. The predicted octanol–water partition coefficient (Wildman–Crippen LogP) is 2.32. The van der Waals surface area contributed by atoms with Crippen molar-refractivity contribution in [1.82, 2.24) is 30.5 Å². The number of aromatic nitrogens is 3. The third-order valence-corrected chi connectivity index (χ3v) is 10.1. The number of carbonyl (C=O) groups excluding carboxylic acids is 5. The molecule has 5 rings (SSSR count). The highest BCUT2D eigenvalue weighted by Gasteiger charge is 2.49. The van der Waals surface area contributed by atoms with Gasteiger partial charge in [-0.2, -0.15) is 0 Å². The maximum Gasteiger partial charge on any atom is 0.319 e. The van der Waals surface area contributed by atoms with Gasteiger partial charge in [0.1, 0.15) is 29.0 Å². The quantitative estimate of drug-likeness (QED) is 0.216. The number of benzene rings is 1. The Morgan fingerprint density at radius 2 is 1.86 bits per heavy atom. The van der Waals surface area contributed by atoms with Crippen LogP contribution in [0.25, 0.3) is 0 Å². The molecule has 2 aromatic rings. The molecule has 17 heteroatoms. The van der Waals surface area contributed by atoms with Crippen LogP contribution >= 0.6 is 11.6 Å². The third-order valence-electron chi connectivity index (χ3n) is 9.85. The van der Waals surface area contributed by atoms with E-state index in [4.69, 9.17) is 22.1 Å². The van der Waals surface area contributed by atoms with E-state index in [1.165, 1.54) is 27.9 Å². The summed E-state index contributed by atoms with van der Waals surface area (Å²) in [5, 5.41) is 26.9. The summed E-state index contributed by atoms with van der Waals surface area (Å²) in [5.74, 6) is -3.93. The summed E-state index contributed by atoms with van der Waals surface area (Å²) in [6, 6.07) is 0.100. The minimum Gasteiger partial charge on any atom is -0.384 e. The summed E-state index contributed by atoms with van der Waals surface area (Å²) >= 11 is 5.90. The van der Waals surface area contributed by atoms with Crippen molar-refractivity contribution in [2.24, 2.45) is 11.7 Å². The zero-order valence-electron chi connectivity index (χ0n) is 28.1. The van der Waals surface area contributed by atoms with Crippen LogP contribution < -0.4 is 21.7 Å². The summed E-state index contributed by atoms with van der Waals surface area (Å²) in [4.78, 5) is 68.6. The van der Waals surface area contributed by atoms with Crippen molar-refractivity contribution in [2.45, 2.75) is 101 Å². The number of hydrogen-bond acceptors (Lipinski definition) is 9. The number of carbonyl (C=O) groups is 5. The van der Waals surface area contributed by atoms with Crippen LogP contribution in [0.5, 0.6) is 0 Å². The van der Waals surface area contributed by atoms with Crippen LogP contribution in [0, 0.1) is 11.7 Å². The molecule has 1 aromatic heterocycles. The lowest BCUT2D eigenvalue weighted by Gasteiger charge is -2.37. The highest BCUT2D eigenvalue weighted by molar-refractivity contribution is 6.39. The van der Waals surface area contributed by atoms with Crippen molar-refractivity contribution in [2.75, 3.05) is 25.1 Å². The second-order valence-electron chi connectivity index (χ2n) is 13.9. The Bertz CT molecular complexity index is 1600. The molecule has 3 fully saturated rings. The molecule has 15 nitrogen and oxygen atoms in total. The number of ketones is 1. The Hall–Kier alpha value is -4.15. The number of ether oxygens (including phenoxy) is 1. The fourth-order valence-electron chi connectivity index (χ4n) is 7.20. The number of anilines is 1. The van der Waals surface area contributed by atoms with Crippen LogP contribution in [-0.4, -0.2) is 91.9 Å². The predicted molar refractivity (Wildman–Crippen MR) is 178 cm³/mol. The fraction of sp³-hybridized carbons (Fsp3) is 0.606. The number of nitrogens with two attached hydrogens (primary N) is 1. The van der Waals surface area contributed by atoms with Crippen LogP contribution in [0.4, 0.5) is 14.9 Å². The minimum absolute atomic E-state index is 0.00989. The lowest BCUT2D eigenvalue weighted by atomic mass is 9.84. The van der Waals surface area contributed by atoms with Gasteiger partial charge in [-0.15, -0.1) is 5.10 Å². The van der Waals surface area contributed by atoms with Crippen LogP contribution in [0.1, 0.15) is 83.4 Å². The van der Waals surface area contributed by atoms with Crippen molar-refractivity contribution in [3.63, 3.8) is 0 Å². The molecule has 2 aliphatic heterocycles. The summed E-state index contributed by atoms with van der Waals surface area (Å²) in [6.45, 7) is 3.29. The first-order valence-electron chi connectivity index (χ1n) is 16.9. The van der Waals surface area contributed by atoms with Gasteiger partial charge in [-0.3, -0.25) is 19.2 Å². The first-order chi connectivity index (χ1) is 23.7. The molecule has 1 saturated carbocycles. The maximum atomic E-state index is 14.6. The number of amides is 5. The molecular weight excluding hydrogens is 675 g/mol. The molecule has 2 saturated heterocycles. The van der Waals surface area contributed by atoms with Gasteiger partial charge in [0.05, 0.1) is 23.0 Å². The first-order valence-corrected chi connectivity index (χ1v) is 17.3. The normalized spacial score (nSPS) is 21.7. The molecule has 0 radical (unpaired) electrons. The van der Waals surface area contributed by atoms with Gasteiger partial charge in [-0.25, -0.2) is 13.9 Å². The maximum absolute atomic E-state index is 14.6. The van der Waals surface area contributed by atoms with Crippen LogP contribution in [0.3, 0.4) is 0 Å². The average molecular weight is 719 g/mol. The lowest BCUT2D eigenvalue weighted by molar-refractivity contribution is -0.147. The number of nitrogens with one attached hydrogen (secondary N) is 3. The largest absolute Gasteiger partial charge is 0.384 e. The van der Waals surface area contributed by atoms with E-state index in [0.29, 0.717) is 12.1 Å². The van der Waals surface area contributed by atoms with E-state index < -0.39 is 64.6 Å². The van der Waals surface area contributed by atoms with E-state index in [0.717, 1.165) is 38.2 Å². The zero-order chi connectivity index (χ0) is 36.2. The highest BCUT2D eigenvalue weighted by atomic mass is 35.5. The Balaban J connectivity index is 1.46. The minimum atomic E-state index is -1.62. The second kappa shape index (κ2) is 15.4. The fourth-order valence-corrected chi connectivity index (χ4v) is 7.38. The molecule has 3 aliphatic rings. The lowest BCUT2D eigenvalue weighted by Crippen LogP contribution is -2.64. The van der Waals surface area contributed by atoms with E-state index in [-0.39, 0.29) is 55.6 Å². The number of primary amides is 1. The number of rotatable bonds is 11. The Morgan fingerprint density at radius 3 is 2.50 bits per heavy atom. The zero-order valence-corrected chi connectivity index (χ0v) is 28.9. The molecular formula is C33H44ClFN8O7. The van der Waals surface area contributed by atoms with E-state index in [2.05, 4.69) is 26.3 Å². The van der Waals surface area contributed by atoms with Gasteiger partial charge in [-0.05, 0) is 44.4 Å². The number of likely N-dealkylation sites (tertiary alicyclic amines) is 1. The van der Waals surface area contributed by atoms with Gasteiger partial charge in [0, 0.05) is 44.7 Å². The van der Waals surface area contributed by atoms with Crippen molar-refractivity contribution in [3.05, 3.63) is 40.9 Å². The third kappa shape index (κ3) is 8.41. The molecule has 6 N–H and O–H groups in total. The average Bonchev–Trinajstić information content (AvgIpc) is 3.75. The van der Waals surface area contributed by atoms with Crippen LogP contribution in [0.2, 0.25) is 5.02 Å². The summed E-state index contributed by atoms with van der Waals surface area (Å²) in [5.41, 5.74) is 2.98. The molecule has 0 spiro atoms. The molecule has 5 amide bonds. The molecule has 1 aromatic carbocycles. The molecule has 0 unspecified atom stereocenters. The van der Waals surface area contributed by atoms with E-state index in [9.17, 15) is 33.5 Å². The molecule has 0 bridgehead atoms. The Labute approximate surface area is 293 Å². The SMILES string of the molecule is CC(C)(O)c1cnnn1[C@H]1C[C@@H](C(=O)NC2(C(=O)C(N)=O)CCOCC2)N(C(=O)[C@@H](CC2CCCCC2)NC(=O)Nc2ccc(F)c(Cl)c2)C1. The van der Waals surface area contributed by atoms with Crippen LogP contribution in [0.15, 0.2) is 24.4 Å². The number of nitrogens with zero attached hydrogens (tertiary/aromatic N) is 4. The molecule has 1 aliphatic carbocycles. The molecule has 3 atom stereocenters. The van der Waals surface area contributed by atoms with Gasteiger partial charge in [0.15, 0.2) is 0 Å². The number of urea groups is 1. The molecule has 272 valence electrons. The molecule has 50 heavy (non-hydrogen) atoms. The monoisotopic (exact) mass is 718 g/mol. The first kappa shape index (κ1) is 37.1. The van der Waals surface area contributed by atoms with Crippen molar-refractivity contribution >= 4 is 46.8 Å². The number of hydrogen-bond donors (Lipinski definition) is 5. The standard InChI is InChI=1S/C33H44ClFN8O7/c1-32(2,49)26-17-37-41-43(26)21-16-25(29(46)40-33(27(44)28(36)45)10-12-50-13-11-33)42(18-21)30(47)24(14-19-6-4-3-5-7-19)39-31(48)38-20-8-9-23(35)22(34)15-20/h8-9,15,17,19,21,24-25,49H,3-7,10-14,16,18H2,1-2H3,(H2,36,45)(H,40,46)(H2,38,39,48)/t21-,24+,25-/m0/s1. The van der Waals surface area contributed by atoms with Gasteiger partial charge >= 0.3 is 6.03 Å². The summed E-state index contributed by atoms with van der Waals surface area (Å²) < 4.78 is 20.6. The number of Topliss-reactive ketones (excluding diaryl/α,β-unsaturated/α-hetero) is 1. The van der Waals surface area contributed by atoms with Gasteiger partial charge in [0.2, 0.25) is 17.6 Å². The van der Waals surface area contributed by atoms with E-state index in [1.54, 1.807) is 13.8 Å². The van der Waals surface area contributed by atoms with Crippen molar-refractivity contribution < 1.29 is 38.2 Å². The highest BCUT2D eigenvalue weighted by Crippen LogP contribution is 2.34. The van der Waals surface area contributed by atoms with Gasteiger partial charge in [0.25, 0.3) is 5.91 Å². The van der Waals surface area contributed by atoms with Gasteiger partial charge < -0.3 is 36.4 Å². The van der Waals surface area contributed by atoms with E-state index >= 15 is 0 Å². The summed E-state index contributed by atoms with van der Waals surface area (Å²) in [6.07, 6.45) is 6.50. The van der Waals surface area contributed by atoms with Crippen LogP contribution in [-0.2, 0) is 29.5 Å². The van der Waals surface area contributed by atoms with Crippen molar-refractivity contribution in [3.8, 4) is 0 Å². The second-order valence-corrected chi connectivity index (χ2v) is 14.3. The van der Waals surface area contributed by atoms with Gasteiger partial charge in [-0.1, -0.05) is 48.9 Å². The smallest absolute Gasteiger partial charge is 0.319 e. The summed E-state index contributed by atoms with van der Waals surface area (Å²) in [7, 11) is 0. The van der Waals surface area contributed by atoms with E-state index in [1.807, 2.05) is 0 Å². The molecule has 3 heterocycles.